The maximum Gasteiger partial charge on any atom is 0.235 e. The molecule has 0 bridgehead atoms. The van der Waals surface area contributed by atoms with E-state index in [2.05, 4.69) is 35.1 Å². The number of hydrogen-bond acceptors (Lipinski definition) is 5. The largest absolute Gasteiger partial charge is 0.480 e. The second kappa shape index (κ2) is 7.96. The summed E-state index contributed by atoms with van der Waals surface area (Å²) in [7, 11) is 1.54. The molecule has 3 rings (SSSR count). The van der Waals surface area contributed by atoms with Crippen molar-refractivity contribution in [3.63, 3.8) is 0 Å². The highest BCUT2D eigenvalue weighted by molar-refractivity contribution is 5.76. The summed E-state index contributed by atoms with van der Waals surface area (Å²) >= 11 is 0. The molecule has 0 saturated carbocycles. The van der Waals surface area contributed by atoms with Gasteiger partial charge in [0.1, 0.15) is 6.10 Å². The molecule has 25 heavy (non-hydrogen) atoms. The molecule has 2 heterocycles. The highest BCUT2D eigenvalue weighted by atomic mass is 16.5. The Balaban J connectivity index is 1.49. The standard InChI is InChI=1S/C19H23N3O3/c1-14-4-3-5-15(10-14)6-7-19(23)22-9-8-16(13-22)25-18-12-20-11-17(21-18)24-2/h3-5,10-12,16H,6-9,13H2,1-2H3/t16-/m0/s1. The molecule has 1 fully saturated rings. The number of ether oxygens (including phenoxy) is 2. The molecule has 1 aromatic carbocycles. The molecule has 2 aromatic rings. The minimum Gasteiger partial charge on any atom is -0.480 e. The number of carbonyl (C=O) groups is 1. The number of rotatable bonds is 6. The van der Waals surface area contributed by atoms with Gasteiger partial charge >= 0.3 is 0 Å². The van der Waals surface area contributed by atoms with Crippen LogP contribution in [0.3, 0.4) is 0 Å². The molecular formula is C19H23N3O3. The van der Waals surface area contributed by atoms with E-state index in [1.54, 1.807) is 6.20 Å². The second-order valence-electron chi connectivity index (χ2n) is 6.26. The van der Waals surface area contributed by atoms with Gasteiger partial charge in [-0.15, -0.1) is 0 Å². The number of aryl methyl sites for hydroxylation is 2. The fourth-order valence-corrected chi connectivity index (χ4v) is 2.98. The van der Waals surface area contributed by atoms with Crippen molar-refractivity contribution in [1.29, 1.82) is 0 Å². The van der Waals surface area contributed by atoms with Crippen molar-refractivity contribution in [3.8, 4) is 11.8 Å². The Morgan fingerprint density at radius 2 is 2.16 bits per heavy atom. The van der Waals surface area contributed by atoms with Crippen LogP contribution in [0.25, 0.3) is 0 Å². The number of hydrogen-bond donors (Lipinski definition) is 0. The topological polar surface area (TPSA) is 64.6 Å². The molecule has 1 aliphatic heterocycles. The third-order valence-electron chi connectivity index (χ3n) is 4.29. The molecular weight excluding hydrogens is 318 g/mol. The molecule has 0 radical (unpaired) electrons. The molecule has 1 aromatic heterocycles. The number of carbonyl (C=O) groups excluding carboxylic acids is 1. The predicted molar refractivity (Wildman–Crippen MR) is 93.7 cm³/mol. The summed E-state index contributed by atoms with van der Waals surface area (Å²) in [6, 6.07) is 8.29. The summed E-state index contributed by atoms with van der Waals surface area (Å²) < 4.78 is 10.9. The van der Waals surface area contributed by atoms with Crippen LogP contribution < -0.4 is 9.47 Å². The van der Waals surface area contributed by atoms with E-state index < -0.39 is 0 Å². The van der Waals surface area contributed by atoms with Gasteiger partial charge < -0.3 is 14.4 Å². The zero-order chi connectivity index (χ0) is 17.6. The van der Waals surface area contributed by atoms with Gasteiger partial charge in [0.15, 0.2) is 0 Å². The highest BCUT2D eigenvalue weighted by Crippen LogP contribution is 2.19. The van der Waals surface area contributed by atoms with Crippen molar-refractivity contribution < 1.29 is 14.3 Å². The van der Waals surface area contributed by atoms with Crippen molar-refractivity contribution >= 4 is 5.91 Å². The smallest absolute Gasteiger partial charge is 0.235 e. The molecule has 0 N–H and O–H groups in total. The molecule has 0 unspecified atom stereocenters. The number of nitrogens with zero attached hydrogens (tertiary/aromatic N) is 3. The molecule has 1 saturated heterocycles. The monoisotopic (exact) mass is 341 g/mol. The Labute approximate surface area is 147 Å². The van der Waals surface area contributed by atoms with E-state index in [0.29, 0.717) is 31.3 Å². The van der Waals surface area contributed by atoms with Crippen molar-refractivity contribution in [2.24, 2.45) is 0 Å². The van der Waals surface area contributed by atoms with Gasteiger partial charge in [-0.25, -0.2) is 0 Å². The van der Waals surface area contributed by atoms with Crippen LogP contribution in [-0.4, -0.2) is 47.1 Å². The average molecular weight is 341 g/mol. The van der Waals surface area contributed by atoms with Gasteiger partial charge in [-0.2, -0.15) is 4.98 Å². The third kappa shape index (κ3) is 4.68. The summed E-state index contributed by atoms with van der Waals surface area (Å²) in [5.41, 5.74) is 2.42. The first-order valence-electron chi connectivity index (χ1n) is 8.50. The van der Waals surface area contributed by atoms with E-state index in [4.69, 9.17) is 9.47 Å². The molecule has 0 aliphatic carbocycles. The predicted octanol–water partition coefficient (Wildman–Crippen LogP) is 2.41. The lowest BCUT2D eigenvalue weighted by atomic mass is 10.1. The first-order valence-corrected chi connectivity index (χ1v) is 8.50. The fourth-order valence-electron chi connectivity index (χ4n) is 2.98. The Hall–Kier alpha value is -2.63. The van der Waals surface area contributed by atoms with Crippen molar-refractivity contribution in [2.45, 2.75) is 32.3 Å². The second-order valence-corrected chi connectivity index (χ2v) is 6.26. The minimum absolute atomic E-state index is 0.0516. The lowest BCUT2D eigenvalue weighted by molar-refractivity contribution is -0.130. The van der Waals surface area contributed by atoms with Crippen molar-refractivity contribution in [3.05, 3.63) is 47.8 Å². The van der Waals surface area contributed by atoms with Gasteiger partial charge in [-0.3, -0.25) is 9.78 Å². The number of likely N-dealkylation sites (tertiary alicyclic amines) is 1. The highest BCUT2D eigenvalue weighted by Gasteiger charge is 2.27. The molecule has 6 heteroatoms. The summed E-state index contributed by atoms with van der Waals surface area (Å²) in [5, 5.41) is 0. The lowest BCUT2D eigenvalue weighted by Crippen LogP contribution is -2.31. The molecule has 0 spiro atoms. The van der Waals surface area contributed by atoms with Crippen molar-refractivity contribution in [1.82, 2.24) is 14.9 Å². The van der Waals surface area contributed by atoms with Crippen LogP contribution in [0.2, 0.25) is 0 Å². The first-order chi connectivity index (χ1) is 12.1. The number of aromatic nitrogens is 2. The molecule has 6 nitrogen and oxygen atoms in total. The van der Waals surface area contributed by atoms with E-state index in [1.807, 2.05) is 11.0 Å². The van der Waals surface area contributed by atoms with Gasteiger partial charge in [0.2, 0.25) is 17.7 Å². The zero-order valence-corrected chi connectivity index (χ0v) is 14.6. The van der Waals surface area contributed by atoms with Crippen LogP contribution in [0.1, 0.15) is 24.0 Å². The number of amides is 1. The Morgan fingerprint density at radius 3 is 2.96 bits per heavy atom. The lowest BCUT2D eigenvalue weighted by Gasteiger charge is -2.17. The van der Waals surface area contributed by atoms with Crippen LogP contribution in [-0.2, 0) is 11.2 Å². The van der Waals surface area contributed by atoms with E-state index in [-0.39, 0.29) is 12.0 Å². The van der Waals surface area contributed by atoms with Gasteiger partial charge in [0.25, 0.3) is 0 Å². The maximum absolute atomic E-state index is 12.4. The normalized spacial score (nSPS) is 16.7. The molecule has 132 valence electrons. The minimum atomic E-state index is -0.0516. The van der Waals surface area contributed by atoms with Gasteiger partial charge in [-0.05, 0) is 18.9 Å². The van der Waals surface area contributed by atoms with E-state index >= 15 is 0 Å². The zero-order valence-electron chi connectivity index (χ0n) is 14.6. The summed E-state index contributed by atoms with van der Waals surface area (Å²) in [4.78, 5) is 22.5. The first kappa shape index (κ1) is 17.2. The van der Waals surface area contributed by atoms with Crippen LogP contribution in [0, 0.1) is 6.92 Å². The summed E-state index contributed by atoms with van der Waals surface area (Å²) in [6.07, 6.45) is 5.13. The van der Waals surface area contributed by atoms with Gasteiger partial charge in [0, 0.05) is 19.4 Å². The van der Waals surface area contributed by atoms with E-state index in [0.717, 1.165) is 12.8 Å². The molecule has 1 amide bonds. The summed E-state index contributed by atoms with van der Waals surface area (Å²) in [6.45, 7) is 3.37. The van der Waals surface area contributed by atoms with E-state index in [1.165, 1.54) is 24.4 Å². The average Bonchev–Trinajstić information content (AvgIpc) is 3.08. The fraction of sp³-hybridized carbons (Fsp3) is 0.421. The SMILES string of the molecule is COc1cncc(O[C@H]2CCN(C(=O)CCc3cccc(C)c3)C2)n1. The number of benzene rings is 1. The quantitative estimate of drug-likeness (QED) is 0.807. The van der Waals surface area contributed by atoms with E-state index in [9.17, 15) is 4.79 Å². The Bertz CT molecular complexity index is 735. The molecule has 1 atom stereocenters. The van der Waals surface area contributed by atoms with Crippen LogP contribution >= 0.6 is 0 Å². The Kier molecular flexibility index (Phi) is 5.48. The van der Waals surface area contributed by atoms with Crippen LogP contribution in [0.5, 0.6) is 11.8 Å². The third-order valence-corrected chi connectivity index (χ3v) is 4.29. The molecule has 1 aliphatic rings. The Morgan fingerprint density at radius 1 is 1.32 bits per heavy atom. The van der Waals surface area contributed by atoms with Crippen LogP contribution in [0.4, 0.5) is 0 Å². The summed E-state index contributed by atoms with van der Waals surface area (Å²) in [5.74, 6) is 1.02. The number of methoxy groups -OCH3 is 1. The van der Waals surface area contributed by atoms with Gasteiger partial charge in [0.05, 0.1) is 26.0 Å². The van der Waals surface area contributed by atoms with Crippen molar-refractivity contribution in [2.75, 3.05) is 20.2 Å². The van der Waals surface area contributed by atoms with Gasteiger partial charge in [-0.1, -0.05) is 29.8 Å². The maximum atomic E-state index is 12.4. The van der Waals surface area contributed by atoms with Crippen LogP contribution in [0.15, 0.2) is 36.7 Å².